The van der Waals surface area contributed by atoms with Crippen molar-refractivity contribution in [1.82, 2.24) is 9.97 Å². The lowest BCUT2D eigenvalue weighted by atomic mass is 10.2. The van der Waals surface area contributed by atoms with E-state index in [4.69, 9.17) is 10.00 Å². The van der Waals surface area contributed by atoms with E-state index in [2.05, 4.69) is 9.97 Å². The van der Waals surface area contributed by atoms with Gasteiger partial charge in [-0.1, -0.05) is 6.07 Å². The van der Waals surface area contributed by atoms with E-state index in [0.29, 0.717) is 22.0 Å². The zero-order valence-electron chi connectivity index (χ0n) is 10.5. The fourth-order valence-electron chi connectivity index (χ4n) is 1.66. The Labute approximate surface area is 113 Å². The molecule has 0 spiro atoms. The fourth-order valence-corrected chi connectivity index (χ4v) is 2.45. The third-order valence-electron chi connectivity index (χ3n) is 2.48. The minimum atomic E-state index is -1.35. The topological polar surface area (TPSA) is 75.9 Å². The van der Waals surface area contributed by atoms with Gasteiger partial charge in [0.2, 0.25) is 0 Å². The summed E-state index contributed by atoms with van der Waals surface area (Å²) in [6.07, 6.45) is 3.13. The number of rotatable bonds is 3. The molecule has 0 amide bonds. The summed E-state index contributed by atoms with van der Waals surface area (Å²) in [4.78, 5) is 8.68. The largest absolute Gasteiger partial charge is 0.495 e. The summed E-state index contributed by atoms with van der Waals surface area (Å²) in [5.74, 6) is 0.382. The van der Waals surface area contributed by atoms with E-state index in [-0.39, 0.29) is 5.69 Å². The van der Waals surface area contributed by atoms with Crippen LogP contribution in [0.1, 0.15) is 5.69 Å². The second-order valence-corrected chi connectivity index (χ2v) is 4.98. The average molecular weight is 273 g/mol. The van der Waals surface area contributed by atoms with Crippen LogP contribution < -0.4 is 4.74 Å². The molecule has 96 valence electrons. The predicted molar refractivity (Wildman–Crippen MR) is 71.1 cm³/mol. The molecule has 0 N–H and O–H groups in total. The molecule has 0 fully saturated rings. The Morgan fingerprint density at radius 2 is 2.16 bits per heavy atom. The normalized spacial score (nSPS) is 11.6. The molecule has 0 aliphatic carbocycles. The molecule has 0 aromatic carbocycles. The zero-order chi connectivity index (χ0) is 13.8. The Bertz CT molecular complexity index is 666. The molecule has 0 bridgehead atoms. The van der Waals surface area contributed by atoms with Gasteiger partial charge in [0.15, 0.2) is 5.69 Å². The van der Waals surface area contributed by atoms with Crippen LogP contribution >= 0.6 is 0 Å². The number of ether oxygens (including phenoxy) is 1. The molecule has 1 unspecified atom stereocenters. The van der Waals surface area contributed by atoms with E-state index in [1.54, 1.807) is 24.4 Å². The van der Waals surface area contributed by atoms with Crippen LogP contribution in [-0.2, 0) is 10.8 Å². The smallest absolute Gasteiger partial charge is 0.161 e. The summed E-state index contributed by atoms with van der Waals surface area (Å²) in [5, 5.41) is 9.14. The summed E-state index contributed by atoms with van der Waals surface area (Å²) in [6, 6.07) is 8.99. The summed E-state index contributed by atoms with van der Waals surface area (Å²) in [5.41, 5.74) is 1.25. The highest BCUT2D eigenvalue weighted by Crippen LogP contribution is 2.28. The van der Waals surface area contributed by atoms with E-state index in [0.717, 1.165) is 0 Å². The highest BCUT2D eigenvalue weighted by molar-refractivity contribution is 7.84. The molecule has 2 aromatic heterocycles. The molecule has 0 saturated carbocycles. The molecule has 1 atom stereocenters. The zero-order valence-corrected chi connectivity index (χ0v) is 11.3. The third-order valence-corrected chi connectivity index (χ3v) is 3.45. The van der Waals surface area contributed by atoms with Crippen molar-refractivity contribution in [3.05, 3.63) is 36.2 Å². The van der Waals surface area contributed by atoms with Gasteiger partial charge in [-0.2, -0.15) is 5.26 Å². The Balaban J connectivity index is 2.68. The van der Waals surface area contributed by atoms with Crippen LogP contribution in [0.2, 0.25) is 0 Å². The van der Waals surface area contributed by atoms with Gasteiger partial charge in [0, 0.05) is 18.5 Å². The van der Waals surface area contributed by atoms with Crippen molar-refractivity contribution in [2.75, 3.05) is 13.4 Å². The molecular formula is C13H11N3O2S. The molecule has 2 rings (SSSR count). The number of nitrogens with zero attached hydrogens (tertiary/aromatic N) is 3. The van der Waals surface area contributed by atoms with Crippen molar-refractivity contribution in [2.24, 2.45) is 0 Å². The molecule has 19 heavy (non-hydrogen) atoms. The summed E-state index contributed by atoms with van der Waals surface area (Å²) >= 11 is 0. The maximum atomic E-state index is 11.7. The van der Waals surface area contributed by atoms with Crippen LogP contribution in [0, 0.1) is 11.3 Å². The first-order chi connectivity index (χ1) is 9.17. The maximum Gasteiger partial charge on any atom is 0.161 e. The molecule has 0 saturated heterocycles. The highest BCUT2D eigenvalue weighted by Gasteiger charge is 2.17. The molecule has 5 nitrogen and oxygen atoms in total. The molecule has 2 heterocycles. The van der Waals surface area contributed by atoms with Crippen LogP contribution in [-0.4, -0.2) is 27.5 Å². The SMILES string of the molecule is COc1cc(-c2ccccn2)nc(C#N)c1S(C)=O. The van der Waals surface area contributed by atoms with Gasteiger partial charge in [-0.05, 0) is 12.1 Å². The molecule has 6 heteroatoms. The van der Waals surface area contributed by atoms with Crippen molar-refractivity contribution in [2.45, 2.75) is 4.90 Å². The Morgan fingerprint density at radius 3 is 2.68 bits per heavy atom. The Hall–Kier alpha value is -2.26. The van der Waals surface area contributed by atoms with E-state index in [1.807, 2.05) is 12.1 Å². The van der Waals surface area contributed by atoms with Gasteiger partial charge >= 0.3 is 0 Å². The predicted octanol–water partition coefficient (Wildman–Crippen LogP) is 1.76. The summed E-state index contributed by atoms with van der Waals surface area (Å²) < 4.78 is 16.9. The first kappa shape index (κ1) is 13.2. The van der Waals surface area contributed by atoms with Gasteiger partial charge in [0.05, 0.1) is 29.3 Å². The lowest BCUT2D eigenvalue weighted by Crippen LogP contribution is -2.02. The van der Waals surface area contributed by atoms with E-state index < -0.39 is 10.8 Å². The number of hydrogen-bond donors (Lipinski definition) is 0. The highest BCUT2D eigenvalue weighted by atomic mass is 32.2. The number of hydrogen-bond acceptors (Lipinski definition) is 5. The van der Waals surface area contributed by atoms with Gasteiger partial charge in [0.1, 0.15) is 16.7 Å². The number of nitriles is 1. The molecule has 0 radical (unpaired) electrons. The van der Waals surface area contributed by atoms with Crippen molar-refractivity contribution in [1.29, 1.82) is 5.26 Å². The Morgan fingerprint density at radius 1 is 1.37 bits per heavy atom. The number of methoxy groups -OCH3 is 1. The average Bonchev–Trinajstić information content (AvgIpc) is 2.46. The van der Waals surface area contributed by atoms with Crippen LogP contribution in [0.15, 0.2) is 35.4 Å². The van der Waals surface area contributed by atoms with Crippen LogP contribution in [0.25, 0.3) is 11.4 Å². The summed E-state index contributed by atoms with van der Waals surface area (Å²) in [6.45, 7) is 0. The molecule has 2 aromatic rings. The second kappa shape index (κ2) is 5.59. The monoisotopic (exact) mass is 273 g/mol. The number of pyridine rings is 2. The molecular weight excluding hydrogens is 262 g/mol. The first-order valence-corrected chi connectivity index (χ1v) is 6.97. The van der Waals surface area contributed by atoms with E-state index >= 15 is 0 Å². The van der Waals surface area contributed by atoms with Crippen molar-refractivity contribution >= 4 is 10.8 Å². The van der Waals surface area contributed by atoms with Crippen LogP contribution in [0.5, 0.6) is 5.75 Å². The third kappa shape index (κ3) is 2.61. The van der Waals surface area contributed by atoms with Gasteiger partial charge in [-0.15, -0.1) is 0 Å². The maximum absolute atomic E-state index is 11.7. The van der Waals surface area contributed by atoms with Crippen molar-refractivity contribution in [3.63, 3.8) is 0 Å². The lowest BCUT2D eigenvalue weighted by Gasteiger charge is -2.09. The van der Waals surface area contributed by atoms with Crippen molar-refractivity contribution < 1.29 is 8.95 Å². The lowest BCUT2D eigenvalue weighted by molar-refractivity contribution is 0.403. The van der Waals surface area contributed by atoms with Gasteiger partial charge in [-0.25, -0.2) is 4.98 Å². The molecule has 0 aliphatic rings. The van der Waals surface area contributed by atoms with Crippen LogP contribution in [0.4, 0.5) is 0 Å². The van der Waals surface area contributed by atoms with E-state index in [9.17, 15) is 4.21 Å². The van der Waals surface area contributed by atoms with Gasteiger partial charge in [0.25, 0.3) is 0 Å². The minimum absolute atomic E-state index is 0.0980. The van der Waals surface area contributed by atoms with Crippen LogP contribution in [0.3, 0.4) is 0 Å². The quantitative estimate of drug-likeness (QED) is 0.851. The van der Waals surface area contributed by atoms with E-state index in [1.165, 1.54) is 13.4 Å². The Kier molecular flexibility index (Phi) is 3.88. The van der Waals surface area contributed by atoms with Gasteiger partial charge < -0.3 is 4.74 Å². The fraction of sp³-hybridized carbons (Fsp3) is 0.154. The number of aromatic nitrogens is 2. The van der Waals surface area contributed by atoms with Gasteiger partial charge in [-0.3, -0.25) is 9.19 Å². The summed E-state index contributed by atoms with van der Waals surface area (Å²) in [7, 11) is 0.120. The second-order valence-electron chi connectivity index (χ2n) is 3.67. The first-order valence-electron chi connectivity index (χ1n) is 5.41. The van der Waals surface area contributed by atoms with Crippen molar-refractivity contribution in [3.8, 4) is 23.2 Å². The minimum Gasteiger partial charge on any atom is -0.495 e. The molecule has 0 aliphatic heterocycles. The standard InChI is InChI=1S/C13H11N3O2S/c1-18-12-7-10(9-5-3-4-6-15-9)16-11(8-14)13(12)19(2)17/h3-7H,1-2H3.